The molecule has 0 aromatic carbocycles. The molecule has 5 nitrogen and oxygen atoms in total. The van der Waals surface area contributed by atoms with Gasteiger partial charge in [-0.3, -0.25) is 0 Å². The van der Waals surface area contributed by atoms with Crippen LogP contribution < -0.4 is 5.32 Å². The normalized spacial score (nSPS) is 10.8. The maximum absolute atomic E-state index is 5.17. The van der Waals surface area contributed by atoms with Crippen LogP contribution >= 0.6 is 11.3 Å². The second-order valence-electron chi connectivity index (χ2n) is 3.67. The highest BCUT2D eigenvalue weighted by molar-refractivity contribution is 7.15. The smallest absolute Gasteiger partial charge is 0.188 e. The number of hydrogen-bond donors (Lipinski definition) is 1. The zero-order valence-corrected chi connectivity index (χ0v) is 11.3. The van der Waals surface area contributed by atoms with Gasteiger partial charge in [-0.25, -0.2) is 15.0 Å². The minimum absolute atomic E-state index is 0.518. The molecule has 0 aliphatic heterocycles. The average Bonchev–Trinajstić information content (AvgIpc) is 2.81. The first kappa shape index (κ1) is 13.1. The van der Waals surface area contributed by atoms with Crippen LogP contribution in [0.3, 0.4) is 0 Å². The number of methoxy groups -OCH3 is 1. The van der Waals surface area contributed by atoms with Gasteiger partial charge in [-0.2, -0.15) is 0 Å². The molecule has 6 heteroatoms. The van der Waals surface area contributed by atoms with Crippen molar-refractivity contribution in [2.75, 3.05) is 13.7 Å². The zero-order valence-electron chi connectivity index (χ0n) is 10.5. The van der Waals surface area contributed by atoms with Gasteiger partial charge in [0.25, 0.3) is 0 Å². The van der Waals surface area contributed by atoms with Crippen molar-refractivity contribution in [2.45, 2.75) is 20.1 Å². The third kappa shape index (κ3) is 3.10. The molecule has 0 spiro atoms. The fraction of sp³-hybridized carbons (Fsp3) is 0.417. The third-order valence-corrected chi connectivity index (χ3v) is 3.45. The number of nitrogens with zero attached hydrogens (tertiary/aromatic N) is 3. The van der Waals surface area contributed by atoms with Crippen LogP contribution in [0.2, 0.25) is 0 Å². The van der Waals surface area contributed by atoms with E-state index in [1.165, 1.54) is 4.88 Å². The monoisotopic (exact) mass is 264 g/mol. The predicted molar refractivity (Wildman–Crippen MR) is 71.2 cm³/mol. The Morgan fingerprint density at radius 2 is 2.11 bits per heavy atom. The first-order valence-electron chi connectivity index (χ1n) is 5.80. The van der Waals surface area contributed by atoms with E-state index in [1.54, 1.807) is 36.9 Å². The Kier molecular flexibility index (Phi) is 4.74. The van der Waals surface area contributed by atoms with Crippen molar-refractivity contribution in [1.29, 1.82) is 0 Å². The van der Waals surface area contributed by atoms with Gasteiger partial charge in [0, 0.05) is 30.9 Å². The fourth-order valence-electron chi connectivity index (χ4n) is 1.51. The summed E-state index contributed by atoms with van der Waals surface area (Å²) in [6, 6.07) is 1.80. The number of rotatable bonds is 6. The summed E-state index contributed by atoms with van der Waals surface area (Å²) >= 11 is 1.61. The van der Waals surface area contributed by atoms with Gasteiger partial charge >= 0.3 is 0 Å². The van der Waals surface area contributed by atoms with E-state index < -0.39 is 0 Å². The van der Waals surface area contributed by atoms with E-state index in [-0.39, 0.29) is 0 Å². The Hall–Kier alpha value is -1.37. The van der Waals surface area contributed by atoms with Gasteiger partial charge < -0.3 is 10.1 Å². The van der Waals surface area contributed by atoms with E-state index in [4.69, 9.17) is 4.74 Å². The molecule has 18 heavy (non-hydrogen) atoms. The Balaban J connectivity index is 2.27. The van der Waals surface area contributed by atoms with Gasteiger partial charge in [0.1, 0.15) is 0 Å². The second-order valence-corrected chi connectivity index (χ2v) is 4.76. The van der Waals surface area contributed by atoms with Crippen LogP contribution in [0.25, 0.3) is 10.8 Å². The standard InChI is InChI=1S/C12H16N4OS/c1-3-13-7-10-9(8-17-2)16-12(18-10)11-14-5-4-6-15-11/h4-6,13H,3,7-8H2,1-2H3. The molecule has 0 fully saturated rings. The van der Waals surface area contributed by atoms with Gasteiger partial charge in [0.05, 0.1) is 12.3 Å². The van der Waals surface area contributed by atoms with Crippen molar-refractivity contribution in [3.63, 3.8) is 0 Å². The summed E-state index contributed by atoms with van der Waals surface area (Å²) in [5, 5.41) is 4.15. The van der Waals surface area contributed by atoms with Crippen molar-refractivity contribution in [2.24, 2.45) is 0 Å². The lowest BCUT2D eigenvalue weighted by atomic mass is 10.3. The van der Waals surface area contributed by atoms with E-state index in [1.807, 2.05) is 0 Å². The van der Waals surface area contributed by atoms with Crippen molar-refractivity contribution in [3.8, 4) is 10.8 Å². The van der Waals surface area contributed by atoms with Crippen LogP contribution in [-0.4, -0.2) is 28.6 Å². The molecule has 0 aliphatic carbocycles. The topological polar surface area (TPSA) is 59.9 Å². The largest absolute Gasteiger partial charge is 0.378 e. The SMILES string of the molecule is CCNCc1sc(-c2ncccn2)nc1COC. The van der Waals surface area contributed by atoms with Crippen LogP contribution in [0.4, 0.5) is 0 Å². The summed E-state index contributed by atoms with van der Waals surface area (Å²) in [5.41, 5.74) is 0.964. The number of thiazole rings is 1. The molecular weight excluding hydrogens is 248 g/mol. The molecule has 0 bridgehead atoms. The Morgan fingerprint density at radius 3 is 2.78 bits per heavy atom. The second kappa shape index (κ2) is 6.53. The minimum atomic E-state index is 0.518. The van der Waals surface area contributed by atoms with Gasteiger partial charge in [-0.05, 0) is 12.6 Å². The van der Waals surface area contributed by atoms with Crippen LogP contribution in [0.1, 0.15) is 17.5 Å². The molecule has 0 aliphatic rings. The summed E-state index contributed by atoms with van der Waals surface area (Å²) in [7, 11) is 1.68. The molecule has 1 N–H and O–H groups in total. The summed E-state index contributed by atoms with van der Waals surface area (Å²) < 4.78 is 5.17. The summed E-state index contributed by atoms with van der Waals surface area (Å²) in [5.74, 6) is 0.669. The Morgan fingerprint density at radius 1 is 1.33 bits per heavy atom. The van der Waals surface area contributed by atoms with Crippen LogP contribution in [0, 0.1) is 0 Å². The molecule has 96 valence electrons. The molecule has 0 unspecified atom stereocenters. The van der Waals surface area contributed by atoms with E-state index in [0.29, 0.717) is 12.4 Å². The van der Waals surface area contributed by atoms with Crippen molar-refractivity contribution in [3.05, 3.63) is 29.0 Å². The maximum Gasteiger partial charge on any atom is 0.188 e. The summed E-state index contributed by atoms with van der Waals surface area (Å²) in [6.45, 7) is 4.34. The molecule has 0 atom stereocenters. The van der Waals surface area contributed by atoms with Gasteiger partial charge in [0.2, 0.25) is 0 Å². The highest BCUT2D eigenvalue weighted by atomic mass is 32.1. The number of ether oxygens (including phenoxy) is 1. The molecule has 2 rings (SSSR count). The highest BCUT2D eigenvalue weighted by Crippen LogP contribution is 2.25. The lowest BCUT2D eigenvalue weighted by molar-refractivity contribution is 0.181. The maximum atomic E-state index is 5.17. The minimum Gasteiger partial charge on any atom is -0.378 e. The number of nitrogens with one attached hydrogen (secondary N) is 1. The zero-order chi connectivity index (χ0) is 12.8. The van der Waals surface area contributed by atoms with Crippen molar-refractivity contribution >= 4 is 11.3 Å². The quantitative estimate of drug-likeness (QED) is 0.863. The first-order chi connectivity index (χ1) is 8.85. The van der Waals surface area contributed by atoms with E-state index in [2.05, 4.69) is 27.2 Å². The molecular formula is C12H16N4OS. The van der Waals surface area contributed by atoms with Crippen LogP contribution in [-0.2, 0) is 17.9 Å². The lowest BCUT2D eigenvalue weighted by Gasteiger charge is -2.00. The highest BCUT2D eigenvalue weighted by Gasteiger charge is 2.13. The van der Waals surface area contributed by atoms with E-state index in [0.717, 1.165) is 23.8 Å². The molecule has 0 saturated heterocycles. The van der Waals surface area contributed by atoms with Crippen molar-refractivity contribution in [1.82, 2.24) is 20.3 Å². The molecule has 0 amide bonds. The number of aromatic nitrogens is 3. The van der Waals surface area contributed by atoms with Gasteiger partial charge in [0.15, 0.2) is 10.8 Å². The van der Waals surface area contributed by atoms with Crippen LogP contribution in [0.5, 0.6) is 0 Å². The first-order valence-corrected chi connectivity index (χ1v) is 6.62. The molecule has 2 aromatic heterocycles. The molecule has 2 aromatic rings. The summed E-state index contributed by atoms with van der Waals surface area (Å²) in [4.78, 5) is 14.2. The Bertz CT molecular complexity index is 486. The molecule has 2 heterocycles. The van der Waals surface area contributed by atoms with Gasteiger partial charge in [-0.1, -0.05) is 6.92 Å². The third-order valence-electron chi connectivity index (χ3n) is 2.35. The fourth-order valence-corrected chi connectivity index (χ4v) is 2.50. The molecule has 0 saturated carbocycles. The lowest BCUT2D eigenvalue weighted by Crippen LogP contribution is -2.12. The number of hydrogen-bond acceptors (Lipinski definition) is 6. The van der Waals surface area contributed by atoms with E-state index >= 15 is 0 Å². The van der Waals surface area contributed by atoms with Crippen molar-refractivity contribution < 1.29 is 4.74 Å². The van der Waals surface area contributed by atoms with Crippen LogP contribution in [0.15, 0.2) is 18.5 Å². The summed E-state index contributed by atoms with van der Waals surface area (Å²) in [6.07, 6.45) is 3.45. The predicted octanol–water partition coefficient (Wildman–Crippen LogP) is 1.86. The molecule has 0 radical (unpaired) electrons. The van der Waals surface area contributed by atoms with Gasteiger partial charge in [-0.15, -0.1) is 11.3 Å². The Labute approximate surface area is 110 Å². The van der Waals surface area contributed by atoms with E-state index in [9.17, 15) is 0 Å². The average molecular weight is 264 g/mol.